The summed E-state index contributed by atoms with van der Waals surface area (Å²) in [5.41, 5.74) is -0.817. The topological polar surface area (TPSA) is 84.9 Å². The Balaban J connectivity index is 4.86. The van der Waals surface area contributed by atoms with E-state index < -0.39 is 5.54 Å². The zero-order valence-corrected chi connectivity index (χ0v) is 34.1. The summed E-state index contributed by atoms with van der Waals surface area (Å²) in [5, 5.41) is 13.8. The number of aliphatic hydroxyl groups is 1. The number of ether oxygens (including phenoxy) is 2. The van der Waals surface area contributed by atoms with Gasteiger partial charge in [0.1, 0.15) is 11.6 Å². The lowest BCUT2D eigenvalue weighted by atomic mass is 9.88. The number of carbonyl (C=O) groups excluding carboxylic acids is 2. The summed E-state index contributed by atoms with van der Waals surface area (Å²) in [6.45, 7) is 10.2. The Bertz CT molecular complexity index is 715. The molecule has 1 atom stereocenters. The molecule has 0 aromatic heterocycles. The number of hydrogen-bond donors (Lipinski definition) is 2. The van der Waals surface area contributed by atoms with Crippen LogP contribution in [-0.4, -0.2) is 48.4 Å². The second kappa shape index (κ2) is 37.6. The third-order valence-electron chi connectivity index (χ3n) is 10.5. The van der Waals surface area contributed by atoms with Crippen LogP contribution in [0.2, 0.25) is 0 Å². The van der Waals surface area contributed by atoms with Crippen LogP contribution in [0.15, 0.2) is 0 Å². The zero-order chi connectivity index (χ0) is 36.8. The summed E-state index contributed by atoms with van der Waals surface area (Å²) in [5.74, 6) is -0.195. The summed E-state index contributed by atoms with van der Waals surface area (Å²) in [6, 6.07) is 0. The Kier molecular flexibility index (Phi) is 36.8. The highest BCUT2D eigenvalue weighted by Gasteiger charge is 2.39. The smallest absolute Gasteiger partial charge is 0.326 e. The molecule has 0 saturated carbocycles. The van der Waals surface area contributed by atoms with Crippen LogP contribution in [0.3, 0.4) is 0 Å². The van der Waals surface area contributed by atoms with Crippen molar-refractivity contribution in [2.45, 2.75) is 251 Å². The lowest BCUT2D eigenvalue weighted by Crippen LogP contribution is -2.54. The molecule has 0 radical (unpaired) electrons. The van der Waals surface area contributed by atoms with Crippen molar-refractivity contribution in [1.29, 1.82) is 0 Å². The molecular formula is C44H87NO5. The molecule has 0 aromatic carbocycles. The Morgan fingerprint density at radius 1 is 0.540 bits per heavy atom. The highest BCUT2D eigenvalue weighted by Crippen LogP contribution is 2.26. The van der Waals surface area contributed by atoms with Gasteiger partial charge >= 0.3 is 11.9 Å². The summed E-state index contributed by atoms with van der Waals surface area (Å²) in [7, 11) is 0. The van der Waals surface area contributed by atoms with E-state index in [-0.39, 0.29) is 24.6 Å². The van der Waals surface area contributed by atoms with Crippen LogP contribution in [-0.2, 0) is 19.1 Å². The number of esters is 2. The minimum absolute atomic E-state index is 0.0234. The van der Waals surface area contributed by atoms with Crippen LogP contribution >= 0.6 is 0 Å². The van der Waals surface area contributed by atoms with Crippen LogP contribution in [0.1, 0.15) is 240 Å². The fraction of sp³-hybridized carbons (Fsp3) is 0.955. The van der Waals surface area contributed by atoms with Crippen molar-refractivity contribution in [3.05, 3.63) is 0 Å². The van der Waals surface area contributed by atoms with E-state index in [1.165, 1.54) is 96.3 Å². The highest BCUT2D eigenvalue weighted by atomic mass is 16.5. The van der Waals surface area contributed by atoms with Gasteiger partial charge in [-0.2, -0.15) is 0 Å². The molecule has 1 unspecified atom stereocenters. The lowest BCUT2D eigenvalue weighted by Gasteiger charge is -2.34. The summed E-state index contributed by atoms with van der Waals surface area (Å²) in [6.07, 6.45) is 36.3. The van der Waals surface area contributed by atoms with Crippen molar-refractivity contribution in [3.63, 3.8) is 0 Å². The number of nitrogens with one attached hydrogen (secondary N) is 1. The minimum Gasteiger partial charge on any atom is -0.466 e. The predicted octanol–water partition coefficient (Wildman–Crippen LogP) is 12.7. The van der Waals surface area contributed by atoms with Gasteiger partial charge in [-0.3, -0.25) is 9.59 Å². The molecule has 0 spiro atoms. The maximum atomic E-state index is 14.1. The third kappa shape index (κ3) is 29.4. The van der Waals surface area contributed by atoms with Crippen molar-refractivity contribution in [2.75, 3.05) is 19.8 Å². The van der Waals surface area contributed by atoms with Crippen molar-refractivity contribution in [1.82, 2.24) is 5.32 Å². The zero-order valence-electron chi connectivity index (χ0n) is 34.1. The molecule has 0 aliphatic heterocycles. The van der Waals surface area contributed by atoms with E-state index in [4.69, 9.17) is 9.47 Å². The van der Waals surface area contributed by atoms with Gasteiger partial charge in [0, 0.05) is 13.0 Å². The van der Waals surface area contributed by atoms with Crippen LogP contribution in [0.25, 0.3) is 0 Å². The molecular weight excluding hydrogens is 622 g/mol. The van der Waals surface area contributed by atoms with Crippen molar-refractivity contribution in [3.8, 4) is 0 Å². The fourth-order valence-corrected chi connectivity index (χ4v) is 7.02. The molecule has 0 heterocycles. The minimum atomic E-state index is -0.817. The summed E-state index contributed by atoms with van der Waals surface area (Å²) < 4.78 is 11.9. The Labute approximate surface area is 311 Å². The van der Waals surface area contributed by atoms with Crippen LogP contribution in [0, 0.1) is 0 Å². The van der Waals surface area contributed by atoms with Gasteiger partial charge in [0.05, 0.1) is 6.61 Å². The van der Waals surface area contributed by atoms with Crippen molar-refractivity contribution in [2.24, 2.45) is 0 Å². The highest BCUT2D eigenvalue weighted by molar-refractivity contribution is 5.81. The van der Waals surface area contributed by atoms with Crippen molar-refractivity contribution < 1.29 is 24.2 Å². The molecule has 0 fully saturated rings. The average molecular weight is 710 g/mol. The third-order valence-corrected chi connectivity index (χ3v) is 10.5. The molecule has 0 amide bonds. The lowest BCUT2D eigenvalue weighted by molar-refractivity contribution is -0.159. The first-order valence-electron chi connectivity index (χ1n) is 22.2. The van der Waals surface area contributed by atoms with Gasteiger partial charge in [-0.25, -0.2) is 0 Å². The SMILES string of the molecule is CCCCCCCCCOC(=O)CCCCCCCNC(CCO)(CCCCCC)C(=O)OC(CCCCCCCC)CCCCCCCC. The molecule has 2 N–H and O–H groups in total. The van der Waals surface area contributed by atoms with Gasteiger partial charge in [-0.05, 0) is 64.3 Å². The summed E-state index contributed by atoms with van der Waals surface area (Å²) >= 11 is 0. The monoisotopic (exact) mass is 710 g/mol. The van der Waals surface area contributed by atoms with Gasteiger partial charge in [0.2, 0.25) is 0 Å². The van der Waals surface area contributed by atoms with Crippen LogP contribution in [0.5, 0.6) is 0 Å². The van der Waals surface area contributed by atoms with E-state index >= 15 is 0 Å². The average Bonchev–Trinajstić information content (AvgIpc) is 3.11. The standard InChI is InChI=1S/C44H87NO5/c1-5-9-13-17-20-26-32-40-49-42(47)35-29-24-21-25-31-38-45-44(37-39-46,36-30-16-12-8-4)43(48)50-41(33-27-22-18-14-10-6-2)34-28-23-19-15-11-7-3/h41,45-46H,5-40H2,1-4H3. The van der Waals surface area contributed by atoms with Crippen molar-refractivity contribution >= 4 is 11.9 Å². The maximum absolute atomic E-state index is 14.1. The van der Waals surface area contributed by atoms with Crippen LogP contribution < -0.4 is 5.32 Å². The van der Waals surface area contributed by atoms with Crippen LogP contribution in [0.4, 0.5) is 0 Å². The van der Waals surface area contributed by atoms with E-state index in [0.717, 1.165) is 103 Å². The van der Waals surface area contributed by atoms with E-state index in [9.17, 15) is 14.7 Å². The Hall–Kier alpha value is -1.14. The Morgan fingerprint density at radius 3 is 1.50 bits per heavy atom. The molecule has 6 nitrogen and oxygen atoms in total. The molecule has 0 aliphatic rings. The molecule has 0 bridgehead atoms. The van der Waals surface area contributed by atoms with Gasteiger partial charge in [0.15, 0.2) is 0 Å². The van der Waals surface area contributed by atoms with E-state index in [2.05, 4.69) is 33.0 Å². The molecule has 0 aliphatic carbocycles. The number of carbonyl (C=O) groups is 2. The number of aliphatic hydroxyl groups excluding tert-OH is 1. The second-order valence-electron chi connectivity index (χ2n) is 15.3. The molecule has 6 heteroatoms. The number of hydrogen-bond acceptors (Lipinski definition) is 6. The second-order valence-corrected chi connectivity index (χ2v) is 15.3. The molecule has 298 valence electrons. The summed E-state index contributed by atoms with van der Waals surface area (Å²) in [4.78, 5) is 26.2. The van der Waals surface area contributed by atoms with Gasteiger partial charge in [-0.1, -0.05) is 175 Å². The predicted molar refractivity (Wildman–Crippen MR) is 214 cm³/mol. The molecule has 0 saturated heterocycles. The Morgan fingerprint density at radius 2 is 0.980 bits per heavy atom. The first-order valence-corrected chi connectivity index (χ1v) is 22.2. The first-order chi connectivity index (χ1) is 24.5. The van der Waals surface area contributed by atoms with Gasteiger partial charge < -0.3 is 19.9 Å². The fourth-order valence-electron chi connectivity index (χ4n) is 7.02. The normalized spacial score (nSPS) is 12.8. The van der Waals surface area contributed by atoms with E-state index in [1.54, 1.807) is 0 Å². The van der Waals surface area contributed by atoms with E-state index in [0.29, 0.717) is 25.9 Å². The number of rotatable bonds is 40. The first kappa shape index (κ1) is 48.9. The molecule has 50 heavy (non-hydrogen) atoms. The van der Waals surface area contributed by atoms with Gasteiger partial charge in [0.25, 0.3) is 0 Å². The van der Waals surface area contributed by atoms with Gasteiger partial charge in [-0.15, -0.1) is 0 Å². The molecule has 0 rings (SSSR count). The largest absolute Gasteiger partial charge is 0.466 e. The quantitative estimate of drug-likeness (QED) is 0.0487. The molecule has 0 aromatic rings. The number of unbranched alkanes of at least 4 members (excludes halogenated alkanes) is 23. The van der Waals surface area contributed by atoms with E-state index in [1.807, 2.05) is 0 Å². The maximum Gasteiger partial charge on any atom is 0.326 e.